The number of amides is 1. The van der Waals surface area contributed by atoms with E-state index in [1.165, 1.54) is 16.7 Å². The highest BCUT2D eigenvalue weighted by Gasteiger charge is 2.45. The van der Waals surface area contributed by atoms with E-state index >= 15 is 0 Å². The van der Waals surface area contributed by atoms with Crippen LogP contribution in [-0.2, 0) is 16.0 Å². The number of carbonyl (C=O) groups is 2. The Balaban J connectivity index is 1.65. The van der Waals surface area contributed by atoms with Crippen molar-refractivity contribution < 1.29 is 14.7 Å². The minimum absolute atomic E-state index is 0.00323. The highest BCUT2D eigenvalue weighted by molar-refractivity contribution is 8.01. The maximum atomic E-state index is 11.7. The predicted octanol–water partition coefficient (Wildman–Crippen LogP) is 1.38. The molecule has 1 aromatic rings. The topological polar surface area (TPSA) is 86.6 Å². The van der Waals surface area contributed by atoms with Crippen molar-refractivity contribution in [2.24, 2.45) is 0 Å². The summed E-state index contributed by atoms with van der Waals surface area (Å²) in [5.74, 6) is 0.0462. The Bertz CT molecular complexity index is 689. The molecule has 3 heterocycles. The second-order valence-electron chi connectivity index (χ2n) is 5.79. The van der Waals surface area contributed by atoms with Gasteiger partial charge in [0.2, 0.25) is 5.91 Å². The number of β-lactam (4-membered cyclic amide) rings is 1. The van der Waals surface area contributed by atoms with Crippen LogP contribution in [0.2, 0.25) is 0 Å². The smallest absolute Gasteiger partial charge is 0.352 e. The number of aromatic nitrogens is 2. The van der Waals surface area contributed by atoms with Crippen LogP contribution in [0.15, 0.2) is 15.6 Å². The number of aliphatic carboxylic acids is 1. The normalized spacial score (nSPS) is 20.4. The van der Waals surface area contributed by atoms with E-state index in [-0.39, 0.29) is 17.0 Å². The first-order chi connectivity index (χ1) is 11.5. The highest BCUT2D eigenvalue weighted by atomic mass is 32.2. The summed E-state index contributed by atoms with van der Waals surface area (Å²) in [5.41, 5.74) is 0.951. The van der Waals surface area contributed by atoms with Crippen molar-refractivity contribution >= 4 is 46.7 Å². The average Bonchev–Trinajstić information content (AvgIpc) is 2.97. The zero-order valence-corrected chi connectivity index (χ0v) is 15.8. The molecule has 1 fully saturated rings. The molecule has 2 aliphatic rings. The molecule has 0 spiro atoms. The van der Waals surface area contributed by atoms with Crippen LogP contribution in [0.3, 0.4) is 0 Å². The highest BCUT2D eigenvalue weighted by Crippen LogP contribution is 2.41. The molecule has 0 radical (unpaired) electrons. The first-order valence-electron chi connectivity index (χ1n) is 7.44. The van der Waals surface area contributed by atoms with E-state index in [9.17, 15) is 14.7 Å². The van der Waals surface area contributed by atoms with Crippen LogP contribution in [0.4, 0.5) is 0 Å². The largest absolute Gasteiger partial charge is 0.477 e. The van der Waals surface area contributed by atoms with E-state index in [1.807, 2.05) is 14.1 Å². The molecule has 0 saturated carbocycles. The summed E-state index contributed by atoms with van der Waals surface area (Å²) in [7, 11) is 4.03. The van der Waals surface area contributed by atoms with Gasteiger partial charge in [0.25, 0.3) is 0 Å². The van der Waals surface area contributed by atoms with E-state index in [4.69, 9.17) is 0 Å². The van der Waals surface area contributed by atoms with Gasteiger partial charge >= 0.3 is 5.97 Å². The van der Waals surface area contributed by atoms with Crippen LogP contribution in [0.25, 0.3) is 0 Å². The van der Waals surface area contributed by atoms with Crippen molar-refractivity contribution in [2.45, 2.75) is 22.6 Å². The Kier molecular flexibility index (Phi) is 5.48. The molecule has 0 bridgehead atoms. The fourth-order valence-electron chi connectivity index (χ4n) is 2.45. The zero-order chi connectivity index (χ0) is 17.3. The van der Waals surface area contributed by atoms with Gasteiger partial charge in [-0.2, -0.15) is 0 Å². The van der Waals surface area contributed by atoms with E-state index in [1.54, 1.807) is 23.1 Å². The molecule has 1 aromatic heterocycles. The summed E-state index contributed by atoms with van der Waals surface area (Å²) in [5, 5.41) is 18.8. The monoisotopic (exact) mass is 386 g/mol. The summed E-state index contributed by atoms with van der Waals surface area (Å²) in [6.07, 6.45) is 1.29. The van der Waals surface area contributed by atoms with Crippen LogP contribution < -0.4 is 0 Å². The molecular formula is C14H18N4O3S3. The van der Waals surface area contributed by atoms with Crippen molar-refractivity contribution in [1.82, 2.24) is 20.0 Å². The second kappa shape index (κ2) is 7.42. The number of nitrogens with zero attached hydrogens (tertiary/aromatic N) is 4. The Morgan fingerprint density at radius 3 is 2.92 bits per heavy atom. The van der Waals surface area contributed by atoms with Crippen LogP contribution in [-0.4, -0.2) is 74.5 Å². The van der Waals surface area contributed by atoms with Crippen LogP contribution in [0.1, 0.15) is 11.4 Å². The standard InChI is InChI=1S/C14H18N4O3S3/c1-17(2)4-3-9-15-16-14(24-9)23-7-8-6-22-11-5-10(19)18(11)12(8)13(20)21/h11H,3-7H2,1-2H3,(H,20,21)/t11-/m0/s1. The van der Waals surface area contributed by atoms with Gasteiger partial charge in [-0.1, -0.05) is 23.1 Å². The lowest BCUT2D eigenvalue weighted by molar-refractivity contribution is -0.146. The van der Waals surface area contributed by atoms with E-state index in [0.29, 0.717) is 17.9 Å². The van der Waals surface area contributed by atoms with Crippen molar-refractivity contribution in [1.29, 1.82) is 0 Å². The summed E-state index contributed by atoms with van der Waals surface area (Å²) in [6, 6.07) is 0. The van der Waals surface area contributed by atoms with E-state index in [0.717, 1.165) is 27.9 Å². The third-order valence-electron chi connectivity index (χ3n) is 3.73. The maximum Gasteiger partial charge on any atom is 0.352 e. The number of rotatable bonds is 7. The lowest BCUT2D eigenvalue weighted by atomic mass is 10.1. The maximum absolute atomic E-state index is 11.7. The Hall–Kier alpha value is -1.10. The number of carbonyl (C=O) groups excluding carboxylic acids is 1. The zero-order valence-electron chi connectivity index (χ0n) is 13.4. The first kappa shape index (κ1) is 17.7. The molecule has 1 amide bonds. The summed E-state index contributed by atoms with van der Waals surface area (Å²) >= 11 is 4.67. The van der Waals surface area contributed by atoms with Crippen LogP contribution >= 0.6 is 34.9 Å². The molecule has 10 heteroatoms. The molecule has 0 unspecified atom stereocenters. The number of carboxylic acids is 1. The molecule has 130 valence electrons. The number of hydrogen-bond donors (Lipinski definition) is 1. The third kappa shape index (κ3) is 3.76. The second-order valence-corrected chi connectivity index (χ2v) is 9.25. The molecule has 3 rings (SSSR count). The number of likely N-dealkylation sites (N-methyl/N-ethyl adjacent to an activating group) is 1. The van der Waals surface area contributed by atoms with Gasteiger partial charge in [-0.25, -0.2) is 4.79 Å². The van der Waals surface area contributed by atoms with Crippen molar-refractivity contribution in [2.75, 3.05) is 32.1 Å². The molecule has 7 nitrogen and oxygen atoms in total. The molecule has 1 N–H and O–H groups in total. The van der Waals surface area contributed by atoms with E-state index in [2.05, 4.69) is 15.1 Å². The number of thioether (sulfide) groups is 2. The Morgan fingerprint density at radius 2 is 2.25 bits per heavy atom. The lowest BCUT2D eigenvalue weighted by Crippen LogP contribution is -2.54. The van der Waals surface area contributed by atoms with Gasteiger partial charge < -0.3 is 10.0 Å². The minimum Gasteiger partial charge on any atom is -0.477 e. The fourth-order valence-corrected chi connectivity index (χ4v) is 5.74. The van der Waals surface area contributed by atoms with Gasteiger partial charge in [0.15, 0.2) is 4.34 Å². The molecule has 0 aliphatic carbocycles. The molecule has 0 aromatic carbocycles. The van der Waals surface area contributed by atoms with Gasteiger partial charge in [0.1, 0.15) is 10.7 Å². The fraction of sp³-hybridized carbons (Fsp3) is 0.571. The van der Waals surface area contributed by atoms with Gasteiger partial charge in [-0.05, 0) is 19.7 Å². The third-order valence-corrected chi connectivity index (χ3v) is 7.21. The first-order valence-corrected chi connectivity index (χ1v) is 10.3. The van der Waals surface area contributed by atoms with Crippen molar-refractivity contribution in [3.63, 3.8) is 0 Å². The quantitative estimate of drug-likeness (QED) is 0.556. The molecule has 24 heavy (non-hydrogen) atoms. The van der Waals surface area contributed by atoms with E-state index < -0.39 is 5.97 Å². The Labute approximate surface area is 152 Å². The van der Waals surface area contributed by atoms with Crippen molar-refractivity contribution in [3.05, 3.63) is 16.3 Å². The SMILES string of the molecule is CN(C)CCc1nnc(SCC2=C(C(=O)O)N3C(=O)C[C@@H]3SC2)s1. The van der Waals surface area contributed by atoms with Crippen LogP contribution in [0.5, 0.6) is 0 Å². The average molecular weight is 387 g/mol. The predicted molar refractivity (Wildman–Crippen MR) is 95.3 cm³/mol. The number of hydrogen-bond acceptors (Lipinski definition) is 8. The van der Waals surface area contributed by atoms with Crippen LogP contribution in [0, 0.1) is 0 Å². The molecular weight excluding hydrogens is 368 g/mol. The van der Waals surface area contributed by atoms with Gasteiger partial charge in [0, 0.05) is 24.5 Å². The minimum atomic E-state index is -1.02. The molecule has 1 atom stereocenters. The molecule has 2 aliphatic heterocycles. The summed E-state index contributed by atoms with van der Waals surface area (Å²) in [6.45, 7) is 0.919. The Morgan fingerprint density at radius 1 is 1.46 bits per heavy atom. The van der Waals surface area contributed by atoms with Gasteiger partial charge in [-0.3, -0.25) is 9.69 Å². The molecule has 1 saturated heterocycles. The number of carboxylic acid groups (broad SMARTS) is 1. The summed E-state index contributed by atoms with van der Waals surface area (Å²) in [4.78, 5) is 26.8. The lowest BCUT2D eigenvalue weighted by Gasteiger charge is -2.43. The van der Waals surface area contributed by atoms with Gasteiger partial charge in [0.05, 0.1) is 11.8 Å². The number of fused-ring (bicyclic) bond motifs is 1. The van der Waals surface area contributed by atoms with Gasteiger partial charge in [-0.15, -0.1) is 22.0 Å². The van der Waals surface area contributed by atoms with Crippen molar-refractivity contribution in [3.8, 4) is 0 Å². The summed E-state index contributed by atoms with van der Waals surface area (Å²) < 4.78 is 0.836.